The molecule has 0 saturated carbocycles. The molecule has 0 aliphatic heterocycles. The van der Waals surface area contributed by atoms with E-state index in [2.05, 4.69) is 11.9 Å². The van der Waals surface area contributed by atoms with Crippen molar-refractivity contribution < 1.29 is 23.7 Å². The molecule has 1 atom stereocenters. The first-order chi connectivity index (χ1) is 15.0. The monoisotopic (exact) mass is 443 g/mol. The van der Waals surface area contributed by atoms with Crippen LogP contribution in [-0.4, -0.2) is 33.7 Å². The lowest BCUT2D eigenvalue weighted by Gasteiger charge is -2.19. The SMILES string of the molecule is C=COC(=O)N[C@@H]1CCc2cc(OC)c(OC)c(OC)c2-c2ccc(SC)c(=O)cc21. The van der Waals surface area contributed by atoms with Crippen LogP contribution in [0.15, 0.2) is 46.8 Å². The van der Waals surface area contributed by atoms with Gasteiger partial charge in [0.25, 0.3) is 0 Å². The molecule has 0 bridgehead atoms. The van der Waals surface area contributed by atoms with Gasteiger partial charge in [-0.25, -0.2) is 4.79 Å². The van der Waals surface area contributed by atoms with Crippen LogP contribution in [0.25, 0.3) is 11.1 Å². The number of alkyl carbamates (subject to hydrolysis) is 1. The smallest absolute Gasteiger partial charge is 0.412 e. The molecule has 1 amide bonds. The normalized spacial score (nSPS) is 14.4. The molecule has 0 fully saturated rings. The van der Waals surface area contributed by atoms with Gasteiger partial charge in [-0.2, -0.15) is 0 Å². The molecule has 164 valence electrons. The zero-order chi connectivity index (χ0) is 22.5. The minimum atomic E-state index is -0.636. The highest BCUT2D eigenvalue weighted by molar-refractivity contribution is 7.98. The lowest BCUT2D eigenvalue weighted by Crippen LogP contribution is -2.28. The average molecular weight is 444 g/mol. The number of benzene rings is 1. The zero-order valence-electron chi connectivity index (χ0n) is 17.9. The molecule has 0 heterocycles. The molecule has 31 heavy (non-hydrogen) atoms. The Bertz CT molecular complexity index is 1070. The van der Waals surface area contributed by atoms with Crippen LogP contribution in [0.5, 0.6) is 17.2 Å². The van der Waals surface area contributed by atoms with Crippen LogP contribution in [-0.2, 0) is 11.2 Å². The number of amides is 1. The Balaban J connectivity index is 2.35. The summed E-state index contributed by atoms with van der Waals surface area (Å²) in [6, 6.07) is 6.70. The molecule has 0 spiro atoms. The zero-order valence-corrected chi connectivity index (χ0v) is 18.8. The molecular weight excluding hydrogens is 418 g/mol. The van der Waals surface area contributed by atoms with E-state index in [-0.39, 0.29) is 5.43 Å². The molecule has 7 nitrogen and oxygen atoms in total. The van der Waals surface area contributed by atoms with Crippen LogP contribution in [0.4, 0.5) is 4.79 Å². The topological polar surface area (TPSA) is 83.1 Å². The maximum Gasteiger partial charge on any atom is 0.412 e. The van der Waals surface area contributed by atoms with Crippen molar-refractivity contribution in [2.24, 2.45) is 0 Å². The summed E-state index contributed by atoms with van der Waals surface area (Å²) in [4.78, 5) is 25.6. The van der Waals surface area contributed by atoms with Crippen molar-refractivity contribution in [2.75, 3.05) is 27.6 Å². The summed E-state index contributed by atoms with van der Waals surface area (Å²) in [6.07, 6.45) is 3.43. The Hall–Kier alpha value is -3.13. The molecule has 0 radical (unpaired) electrons. The van der Waals surface area contributed by atoms with Gasteiger partial charge in [0, 0.05) is 5.56 Å². The van der Waals surface area contributed by atoms with Gasteiger partial charge in [0.15, 0.2) is 16.9 Å². The first kappa shape index (κ1) is 22.6. The van der Waals surface area contributed by atoms with Gasteiger partial charge in [-0.15, -0.1) is 11.8 Å². The van der Waals surface area contributed by atoms with Crippen LogP contribution in [0.2, 0.25) is 0 Å². The second-order valence-corrected chi connectivity index (χ2v) is 7.61. The number of ether oxygens (including phenoxy) is 4. The molecule has 0 aromatic heterocycles. The maximum absolute atomic E-state index is 12.8. The molecule has 0 saturated heterocycles. The minimum Gasteiger partial charge on any atom is -0.493 e. The van der Waals surface area contributed by atoms with E-state index in [1.165, 1.54) is 11.8 Å². The summed E-state index contributed by atoms with van der Waals surface area (Å²) in [7, 11) is 4.68. The molecular formula is C23H25NO6S. The van der Waals surface area contributed by atoms with Crippen molar-refractivity contribution in [3.63, 3.8) is 0 Å². The molecule has 1 N–H and O–H groups in total. The Morgan fingerprint density at radius 1 is 1.16 bits per heavy atom. The first-order valence-corrected chi connectivity index (χ1v) is 10.8. The fraction of sp³-hybridized carbons (Fsp3) is 0.304. The highest BCUT2D eigenvalue weighted by Gasteiger charge is 2.29. The lowest BCUT2D eigenvalue weighted by atomic mass is 9.95. The number of fused-ring (bicyclic) bond motifs is 3. The summed E-state index contributed by atoms with van der Waals surface area (Å²) in [5.41, 5.74) is 3.09. The van der Waals surface area contributed by atoms with Crippen molar-refractivity contribution in [3.8, 4) is 28.4 Å². The van der Waals surface area contributed by atoms with Crippen LogP contribution >= 0.6 is 11.8 Å². The van der Waals surface area contributed by atoms with Crippen molar-refractivity contribution in [1.82, 2.24) is 5.32 Å². The van der Waals surface area contributed by atoms with Crippen LogP contribution in [0, 0.1) is 0 Å². The molecule has 0 unspecified atom stereocenters. The highest BCUT2D eigenvalue weighted by Crippen LogP contribution is 2.50. The van der Waals surface area contributed by atoms with Gasteiger partial charge in [0.2, 0.25) is 5.75 Å². The number of thioether (sulfide) groups is 1. The van der Waals surface area contributed by atoms with E-state index < -0.39 is 12.1 Å². The minimum absolute atomic E-state index is 0.125. The van der Waals surface area contributed by atoms with Crippen molar-refractivity contribution in [1.29, 1.82) is 0 Å². The van der Waals surface area contributed by atoms with Crippen molar-refractivity contribution in [2.45, 2.75) is 23.8 Å². The van der Waals surface area contributed by atoms with Crippen molar-refractivity contribution in [3.05, 3.63) is 58.5 Å². The maximum atomic E-state index is 12.8. The summed E-state index contributed by atoms with van der Waals surface area (Å²) >= 11 is 1.37. The Morgan fingerprint density at radius 3 is 2.52 bits per heavy atom. The quantitative estimate of drug-likeness (QED) is 0.526. The fourth-order valence-corrected chi connectivity index (χ4v) is 4.33. The van der Waals surface area contributed by atoms with E-state index in [1.807, 2.05) is 18.4 Å². The number of carbonyl (C=O) groups excluding carboxylic acids is 1. The van der Waals surface area contributed by atoms with E-state index in [4.69, 9.17) is 18.9 Å². The summed E-state index contributed by atoms with van der Waals surface area (Å²) in [6.45, 7) is 3.42. The molecule has 3 rings (SSSR count). The molecule has 8 heteroatoms. The number of aryl methyl sites for hydroxylation is 1. The molecule has 2 aromatic carbocycles. The van der Waals surface area contributed by atoms with Crippen LogP contribution < -0.4 is 25.0 Å². The largest absolute Gasteiger partial charge is 0.493 e. The Morgan fingerprint density at radius 2 is 1.90 bits per heavy atom. The van der Waals surface area contributed by atoms with Gasteiger partial charge in [0.1, 0.15) is 0 Å². The first-order valence-electron chi connectivity index (χ1n) is 9.61. The van der Waals surface area contributed by atoms with E-state index >= 15 is 0 Å². The molecule has 1 aliphatic rings. The van der Waals surface area contributed by atoms with Gasteiger partial charge in [-0.05, 0) is 54.0 Å². The van der Waals surface area contributed by atoms with E-state index in [1.54, 1.807) is 33.5 Å². The summed E-state index contributed by atoms with van der Waals surface area (Å²) < 4.78 is 21.7. The summed E-state index contributed by atoms with van der Waals surface area (Å²) in [5, 5.41) is 2.84. The third kappa shape index (κ3) is 4.34. The Kier molecular flexibility index (Phi) is 7.12. The number of methoxy groups -OCH3 is 3. The number of hydrogen-bond donors (Lipinski definition) is 1. The molecule has 1 aliphatic carbocycles. The van der Waals surface area contributed by atoms with Gasteiger partial charge in [-0.3, -0.25) is 4.79 Å². The standard InChI is InChI=1S/C23H25NO6S/c1-6-30-23(26)24-16-9-7-13-11-18(27-2)21(28-3)22(29-4)20(13)14-8-10-19(31-5)17(25)12-15(14)16/h6,8,10-12,16H,1,7,9H2,2-5H3,(H,24,26)/t16-/m1/s1. The lowest BCUT2D eigenvalue weighted by molar-refractivity contribution is 0.180. The number of hydrogen-bond acceptors (Lipinski definition) is 7. The second kappa shape index (κ2) is 9.78. The fourth-order valence-electron chi connectivity index (χ4n) is 3.87. The van der Waals surface area contributed by atoms with Crippen LogP contribution in [0.3, 0.4) is 0 Å². The van der Waals surface area contributed by atoms with Gasteiger partial charge in [0.05, 0.1) is 38.5 Å². The van der Waals surface area contributed by atoms with E-state index in [0.717, 1.165) is 23.0 Å². The van der Waals surface area contributed by atoms with Crippen molar-refractivity contribution >= 4 is 17.9 Å². The third-order valence-corrected chi connectivity index (χ3v) is 5.98. The third-order valence-electron chi connectivity index (χ3n) is 5.20. The second-order valence-electron chi connectivity index (χ2n) is 6.77. The summed E-state index contributed by atoms with van der Waals surface area (Å²) in [5.74, 6) is 1.52. The molecule has 2 aromatic rings. The van der Waals surface area contributed by atoms with E-state index in [9.17, 15) is 9.59 Å². The Labute approximate surface area is 185 Å². The number of carbonyl (C=O) groups is 1. The average Bonchev–Trinajstić information content (AvgIpc) is 3.01. The van der Waals surface area contributed by atoms with Gasteiger partial charge >= 0.3 is 6.09 Å². The van der Waals surface area contributed by atoms with Gasteiger partial charge < -0.3 is 24.3 Å². The predicted octanol–water partition coefficient (Wildman–Crippen LogP) is 4.32. The van der Waals surface area contributed by atoms with Gasteiger partial charge in [-0.1, -0.05) is 12.6 Å². The number of nitrogens with one attached hydrogen (secondary N) is 1. The number of rotatable bonds is 6. The highest BCUT2D eigenvalue weighted by atomic mass is 32.2. The van der Waals surface area contributed by atoms with Crippen LogP contribution in [0.1, 0.15) is 23.6 Å². The predicted molar refractivity (Wildman–Crippen MR) is 120 cm³/mol. The van der Waals surface area contributed by atoms with E-state index in [0.29, 0.717) is 40.5 Å².